The molecule has 2 amide bonds. The smallest absolute Gasteiger partial charge is 0.322 e. The van der Waals surface area contributed by atoms with Gasteiger partial charge in [-0.2, -0.15) is 0 Å². The van der Waals surface area contributed by atoms with Crippen LogP contribution in [0.1, 0.15) is 41.5 Å². The van der Waals surface area contributed by atoms with Crippen LogP contribution >= 0.6 is 23.2 Å². The van der Waals surface area contributed by atoms with Crippen molar-refractivity contribution in [2.75, 3.05) is 18.4 Å². The molecule has 0 fully saturated rings. The van der Waals surface area contributed by atoms with Crippen LogP contribution in [0.4, 0.5) is 14.9 Å². The lowest BCUT2D eigenvalue weighted by molar-refractivity contribution is -0.116. The van der Waals surface area contributed by atoms with Gasteiger partial charge in [-0.1, -0.05) is 59.6 Å². The summed E-state index contributed by atoms with van der Waals surface area (Å²) in [7, 11) is 0. The molecule has 3 aromatic rings. The molecule has 200 valence electrons. The standard InChI is InChI=1S/C30H26Cl2FN3O3/c31-25-10-9-22(15-26(25)32)35-30(39)36-12-11-19-3-1-2-4-23(19)27(36)17-34-16-24-28(37)13-20(14-29(24)38)18-5-7-21(33)8-6-18/h1-10,15-16,20,27,37H,11-14,17H2,(H,35,39). The van der Waals surface area contributed by atoms with Crippen LogP contribution in [0.25, 0.3) is 0 Å². The van der Waals surface area contributed by atoms with E-state index in [9.17, 15) is 19.1 Å². The Bertz CT molecular complexity index is 1470. The largest absolute Gasteiger partial charge is 0.511 e. The number of hydrogen-bond donors (Lipinski definition) is 2. The number of anilines is 1. The van der Waals surface area contributed by atoms with Crippen molar-refractivity contribution in [1.29, 1.82) is 0 Å². The van der Waals surface area contributed by atoms with Crippen LogP contribution in [-0.2, 0) is 11.2 Å². The molecule has 2 unspecified atom stereocenters. The molecule has 0 spiro atoms. The minimum atomic E-state index is -0.373. The molecule has 2 atom stereocenters. The van der Waals surface area contributed by atoms with Gasteiger partial charge in [-0.25, -0.2) is 9.18 Å². The molecular formula is C30H26Cl2FN3O3. The highest BCUT2D eigenvalue weighted by molar-refractivity contribution is 6.42. The first-order valence-corrected chi connectivity index (χ1v) is 13.4. The number of halogens is 3. The number of ketones is 1. The number of urea groups is 1. The summed E-state index contributed by atoms with van der Waals surface area (Å²) < 4.78 is 13.3. The predicted octanol–water partition coefficient (Wildman–Crippen LogP) is 7.29. The monoisotopic (exact) mass is 565 g/mol. The minimum absolute atomic E-state index is 0.0393. The molecule has 39 heavy (non-hydrogen) atoms. The second-order valence-corrected chi connectivity index (χ2v) is 10.5. The average Bonchev–Trinajstić information content (AvgIpc) is 2.92. The molecule has 1 heterocycles. The summed E-state index contributed by atoms with van der Waals surface area (Å²) in [5.41, 5.74) is 3.61. The van der Waals surface area contributed by atoms with Gasteiger partial charge in [0.2, 0.25) is 0 Å². The van der Waals surface area contributed by atoms with Crippen LogP contribution in [0.5, 0.6) is 0 Å². The van der Waals surface area contributed by atoms with Crippen molar-refractivity contribution in [2.45, 2.75) is 31.2 Å². The molecule has 0 aromatic heterocycles. The first-order chi connectivity index (χ1) is 18.8. The number of Topliss-reactive ketones (excluding diaryl/α,β-unsaturated/α-hetero) is 1. The van der Waals surface area contributed by atoms with E-state index < -0.39 is 0 Å². The molecule has 9 heteroatoms. The number of benzene rings is 3. The zero-order chi connectivity index (χ0) is 27.5. The highest BCUT2D eigenvalue weighted by Crippen LogP contribution is 2.34. The van der Waals surface area contributed by atoms with Crippen molar-refractivity contribution < 1.29 is 19.1 Å². The van der Waals surface area contributed by atoms with Gasteiger partial charge in [0.05, 0.1) is 28.2 Å². The maximum Gasteiger partial charge on any atom is 0.322 e. The van der Waals surface area contributed by atoms with Crippen molar-refractivity contribution >= 4 is 46.9 Å². The molecule has 2 N–H and O–H groups in total. The number of fused-ring (bicyclic) bond motifs is 1. The number of hydrogen-bond acceptors (Lipinski definition) is 4. The van der Waals surface area contributed by atoms with Gasteiger partial charge in [-0.3, -0.25) is 9.79 Å². The highest BCUT2D eigenvalue weighted by Gasteiger charge is 2.31. The second-order valence-electron chi connectivity index (χ2n) is 9.65. The van der Waals surface area contributed by atoms with E-state index in [1.54, 1.807) is 35.2 Å². The Morgan fingerprint density at radius 3 is 2.59 bits per heavy atom. The third-order valence-corrected chi connectivity index (χ3v) is 7.91. The van der Waals surface area contributed by atoms with Crippen molar-refractivity contribution in [1.82, 2.24) is 4.90 Å². The Morgan fingerprint density at radius 2 is 1.85 bits per heavy atom. The number of nitrogens with zero attached hydrogens (tertiary/aromatic N) is 2. The van der Waals surface area contributed by atoms with Crippen LogP contribution in [0, 0.1) is 5.82 Å². The van der Waals surface area contributed by atoms with Crippen molar-refractivity contribution in [3.63, 3.8) is 0 Å². The molecule has 1 aliphatic carbocycles. The van der Waals surface area contributed by atoms with Crippen molar-refractivity contribution in [3.05, 3.63) is 111 Å². The molecule has 0 saturated heterocycles. The lowest BCUT2D eigenvalue weighted by atomic mass is 9.83. The van der Waals surface area contributed by atoms with E-state index in [0.29, 0.717) is 28.7 Å². The molecule has 3 aromatic carbocycles. The molecule has 0 bridgehead atoms. The van der Waals surface area contributed by atoms with Gasteiger partial charge in [0.1, 0.15) is 11.6 Å². The number of carbonyl (C=O) groups excluding carboxylic acids is 2. The molecule has 6 nitrogen and oxygen atoms in total. The SMILES string of the molecule is O=C1CC(c2ccc(F)cc2)CC(O)=C1C=NCC1c2ccccc2CCN1C(=O)Nc1ccc(Cl)c(Cl)c1. The van der Waals surface area contributed by atoms with Gasteiger partial charge in [-0.15, -0.1) is 0 Å². The normalized spacial score (nSPS) is 19.4. The number of aliphatic imine (C=N–C) groups is 1. The first kappa shape index (κ1) is 26.9. The van der Waals surface area contributed by atoms with Crippen LogP contribution in [-0.4, -0.2) is 41.1 Å². The lowest BCUT2D eigenvalue weighted by Crippen LogP contribution is -2.43. The van der Waals surface area contributed by atoms with Crippen LogP contribution in [0.15, 0.2) is 83.1 Å². The van der Waals surface area contributed by atoms with E-state index >= 15 is 0 Å². The lowest BCUT2D eigenvalue weighted by Gasteiger charge is -2.36. The van der Waals surface area contributed by atoms with Gasteiger partial charge >= 0.3 is 6.03 Å². The molecule has 0 radical (unpaired) electrons. The fourth-order valence-electron chi connectivity index (χ4n) is 5.13. The Kier molecular flexibility index (Phi) is 8.00. The van der Waals surface area contributed by atoms with Crippen LogP contribution < -0.4 is 5.32 Å². The molecular weight excluding hydrogens is 540 g/mol. The number of aliphatic hydroxyl groups excluding tert-OH is 1. The number of amides is 2. The van der Waals surface area contributed by atoms with Crippen LogP contribution in [0.3, 0.4) is 0 Å². The topological polar surface area (TPSA) is 82.0 Å². The van der Waals surface area contributed by atoms with Gasteiger partial charge in [0, 0.05) is 31.3 Å². The molecule has 5 rings (SSSR count). The maximum absolute atomic E-state index is 13.3. The van der Waals surface area contributed by atoms with Gasteiger partial charge in [-0.05, 0) is 59.4 Å². The van der Waals surface area contributed by atoms with Crippen molar-refractivity contribution in [2.24, 2.45) is 4.99 Å². The fraction of sp³-hybridized carbons (Fsp3) is 0.233. The minimum Gasteiger partial charge on any atom is -0.511 e. The van der Waals surface area contributed by atoms with E-state index in [0.717, 1.165) is 16.7 Å². The first-order valence-electron chi connectivity index (χ1n) is 12.6. The number of rotatable bonds is 5. The summed E-state index contributed by atoms with van der Waals surface area (Å²) in [6.07, 6.45) is 2.57. The van der Waals surface area contributed by atoms with Crippen LogP contribution in [0.2, 0.25) is 10.0 Å². The Morgan fingerprint density at radius 1 is 1.08 bits per heavy atom. The second kappa shape index (κ2) is 11.6. The summed E-state index contributed by atoms with van der Waals surface area (Å²) in [5.74, 6) is -0.837. The third-order valence-electron chi connectivity index (χ3n) is 7.17. The summed E-state index contributed by atoms with van der Waals surface area (Å²) in [6, 6.07) is 18.1. The summed E-state index contributed by atoms with van der Waals surface area (Å²) >= 11 is 12.1. The number of nitrogens with one attached hydrogen (secondary N) is 1. The maximum atomic E-state index is 13.3. The van der Waals surface area contributed by atoms with E-state index in [4.69, 9.17) is 23.2 Å². The fourth-order valence-corrected chi connectivity index (χ4v) is 5.43. The van der Waals surface area contributed by atoms with Gasteiger partial charge in [0.25, 0.3) is 0 Å². The van der Waals surface area contributed by atoms with E-state index in [1.165, 1.54) is 18.3 Å². The molecule has 0 saturated carbocycles. The Labute approximate surface area is 235 Å². The van der Waals surface area contributed by atoms with E-state index in [-0.39, 0.29) is 60.3 Å². The summed E-state index contributed by atoms with van der Waals surface area (Å²) in [4.78, 5) is 32.4. The van der Waals surface area contributed by atoms with Crippen molar-refractivity contribution in [3.8, 4) is 0 Å². The summed E-state index contributed by atoms with van der Waals surface area (Å²) in [5, 5.41) is 14.3. The van der Waals surface area contributed by atoms with Gasteiger partial charge in [0.15, 0.2) is 5.78 Å². The third kappa shape index (κ3) is 6.00. The van der Waals surface area contributed by atoms with Gasteiger partial charge < -0.3 is 15.3 Å². The molecule has 1 aliphatic heterocycles. The number of aliphatic hydroxyl groups is 1. The Balaban J connectivity index is 1.34. The number of carbonyl (C=O) groups is 2. The van der Waals surface area contributed by atoms with E-state index in [2.05, 4.69) is 10.3 Å². The highest BCUT2D eigenvalue weighted by atomic mass is 35.5. The summed E-state index contributed by atoms with van der Waals surface area (Å²) in [6.45, 7) is 0.688. The quantitative estimate of drug-likeness (QED) is 0.318. The number of allylic oxidation sites excluding steroid dienone is 2. The van der Waals surface area contributed by atoms with E-state index in [1.807, 2.05) is 24.3 Å². The Hall–Kier alpha value is -3.68. The predicted molar refractivity (Wildman–Crippen MR) is 151 cm³/mol. The molecule has 2 aliphatic rings. The average molecular weight is 566 g/mol. The zero-order valence-corrected chi connectivity index (χ0v) is 22.4. The zero-order valence-electron chi connectivity index (χ0n) is 20.9.